The smallest absolute Gasteiger partial charge is 0.234 e. The number of hydrogen-bond acceptors (Lipinski definition) is 4. The van der Waals surface area contributed by atoms with Crippen molar-refractivity contribution in [2.45, 2.75) is 51.5 Å². The topological polar surface area (TPSA) is 61.8 Å². The Balaban J connectivity index is 1.78. The zero-order chi connectivity index (χ0) is 15.1. The van der Waals surface area contributed by atoms with E-state index in [1.165, 1.54) is 19.3 Å². The van der Waals surface area contributed by atoms with Crippen LogP contribution >= 0.6 is 0 Å². The lowest BCUT2D eigenvalue weighted by Crippen LogP contribution is -2.49. The molecular formula is C16H30N2O3. The lowest BCUT2D eigenvalue weighted by molar-refractivity contribution is -0.124. The van der Waals surface area contributed by atoms with Crippen LogP contribution in [0.2, 0.25) is 0 Å². The van der Waals surface area contributed by atoms with Gasteiger partial charge in [0, 0.05) is 31.2 Å². The van der Waals surface area contributed by atoms with Crippen molar-refractivity contribution in [1.82, 2.24) is 10.2 Å². The highest BCUT2D eigenvalue weighted by Gasteiger charge is 2.32. The summed E-state index contributed by atoms with van der Waals surface area (Å²) in [6.07, 6.45) is 6.45. The normalized spacial score (nSPS) is 26.5. The van der Waals surface area contributed by atoms with E-state index in [2.05, 4.69) is 17.1 Å². The Kier molecular flexibility index (Phi) is 6.45. The molecule has 2 aliphatic heterocycles. The molecule has 2 N–H and O–H groups in total. The lowest BCUT2D eigenvalue weighted by Gasteiger charge is -2.37. The molecule has 5 nitrogen and oxygen atoms in total. The molecule has 21 heavy (non-hydrogen) atoms. The van der Waals surface area contributed by atoms with Gasteiger partial charge in [-0.25, -0.2) is 0 Å². The predicted octanol–water partition coefficient (Wildman–Crippen LogP) is 1.16. The highest BCUT2D eigenvalue weighted by molar-refractivity contribution is 5.78. The first kappa shape index (κ1) is 16.7. The number of hydrogen-bond donors (Lipinski definition) is 2. The average Bonchev–Trinajstić information content (AvgIpc) is 2.54. The summed E-state index contributed by atoms with van der Waals surface area (Å²) in [5.74, 6) is 0.0923. The number of rotatable bonds is 6. The molecule has 0 bridgehead atoms. The molecule has 0 aliphatic carbocycles. The van der Waals surface area contributed by atoms with Crippen LogP contribution in [-0.4, -0.2) is 61.4 Å². The van der Waals surface area contributed by atoms with Crippen molar-refractivity contribution in [3.8, 4) is 0 Å². The Bertz CT molecular complexity index is 329. The van der Waals surface area contributed by atoms with Gasteiger partial charge in [-0.3, -0.25) is 9.69 Å². The molecule has 0 spiro atoms. The number of piperidine rings is 1. The molecule has 2 rings (SSSR count). The summed E-state index contributed by atoms with van der Waals surface area (Å²) >= 11 is 0. The Morgan fingerprint density at radius 3 is 2.81 bits per heavy atom. The number of amides is 1. The summed E-state index contributed by atoms with van der Waals surface area (Å²) in [5, 5.41) is 12.7. The minimum absolute atomic E-state index is 0.0923. The Hall–Kier alpha value is -0.650. The van der Waals surface area contributed by atoms with Gasteiger partial charge in [-0.05, 0) is 38.6 Å². The van der Waals surface area contributed by atoms with E-state index in [4.69, 9.17) is 4.74 Å². The minimum atomic E-state index is -0.181. The van der Waals surface area contributed by atoms with E-state index in [0.717, 1.165) is 25.8 Å². The number of carbonyl (C=O) groups is 1. The van der Waals surface area contributed by atoms with Crippen molar-refractivity contribution in [2.24, 2.45) is 5.41 Å². The van der Waals surface area contributed by atoms with Crippen LogP contribution in [0.1, 0.15) is 45.4 Å². The fourth-order valence-corrected chi connectivity index (χ4v) is 3.45. The molecule has 2 fully saturated rings. The van der Waals surface area contributed by atoms with Gasteiger partial charge >= 0.3 is 0 Å². The quantitative estimate of drug-likeness (QED) is 0.772. The van der Waals surface area contributed by atoms with E-state index in [9.17, 15) is 9.90 Å². The third kappa shape index (κ3) is 4.66. The highest BCUT2D eigenvalue weighted by atomic mass is 16.5. The number of nitrogens with zero attached hydrogens (tertiary/aromatic N) is 1. The summed E-state index contributed by atoms with van der Waals surface area (Å²) in [5.41, 5.74) is -0.181. The second-order valence-electron chi connectivity index (χ2n) is 6.58. The molecular weight excluding hydrogens is 268 g/mol. The van der Waals surface area contributed by atoms with Crippen LogP contribution in [0.15, 0.2) is 0 Å². The zero-order valence-corrected chi connectivity index (χ0v) is 13.3. The molecule has 1 atom stereocenters. The van der Waals surface area contributed by atoms with Crippen LogP contribution in [0.5, 0.6) is 0 Å². The largest absolute Gasteiger partial charge is 0.396 e. The second-order valence-corrected chi connectivity index (χ2v) is 6.58. The first-order valence-electron chi connectivity index (χ1n) is 8.38. The van der Waals surface area contributed by atoms with Crippen molar-refractivity contribution in [2.75, 3.05) is 39.5 Å². The van der Waals surface area contributed by atoms with Crippen molar-refractivity contribution in [3.63, 3.8) is 0 Å². The maximum absolute atomic E-state index is 12.2. The van der Waals surface area contributed by atoms with Crippen molar-refractivity contribution >= 4 is 5.91 Å². The van der Waals surface area contributed by atoms with Gasteiger partial charge in [-0.2, -0.15) is 0 Å². The molecule has 1 amide bonds. The summed E-state index contributed by atoms with van der Waals surface area (Å²) in [4.78, 5) is 14.5. The number of ether oxygens (including phenoxy) is 1. The van der Waals surface area contributed by atoms with Crippen molar-refractivity contribution in [3.05, 3.63) is 0 Å². The number of carbonyl (C=O) groups excluding carboxylic acids is 1. The van der Waals surface area contributed by atoms with Crippen LogP contribution in [0.4, 0.5) is 0 Å². The van der Waals surface area contributed by atoms with Gasteiger partial charge in [-0.1, -0.05) is 13.3 Å². The van der Waals surface area contributed by atoms with Crippen molar-refractivity contribution in [1.29, 1.82) is 0 Å². The summed E-state index contributed by atoms with van der Waals surface area (Å²) in [6, 6.07) is 0.555. The molecule has 2 heterocycles. The number of aliphatic hydroxyl groups excluding tert-OH is 1. The van der Waals surface area contributed by atoms with Crippen LogP contribution in [0.3, 0.4) is 0 Å². The van der Waals surface area contributed by atoms with E-state index >= 15 is 0 Å². The van der Waals surface area contributed by atoms with E-state index in [1.807, 2.05) is 0 Å². The van der Waals surface area contributed by atoms with Gasteiger partial charge in [0.25, 0.3) is 0 Å². The van der Waals surface area contributed by atoms with Crippen LogP contribution in [0.25, 0.3) is 0 Å². The molecule has 122 valence electrons. The fourth-order valence-electron chi connectivity index (χ4n) is 3.45. The van der Waals surface area contributed by atoms with Crippen LogP contribution in [-0.2, 0) is 9.53 Å². The third-order valence-electron chi connectivity index (χ3n) is 5.12. The van der Waals surface area contributed by atoms with E-state index < -0.39 is 0 Å². The molecule has 0 aromatic carbocycles. The average molecular weight is 298 g/mol. The molecule has 0 radical (unpaired) electrons. The molecule has 2 aliphatic rings. The van der Waals surface area contributed by atoms with Crippen LogP contribution < -0.4 is 5.32 Å². The van der Waals surface area contributed by atoms with Gasteiger partial charge < -0.3 is 15.2 Å². The summed E-state index contributed by atoms with van der Waals surface area (Å²) < 4.78 is 5.35. The predicted molar refractivity (Wildman–Crippen MR) is 82.1 cm³/mol. The van der Waals surface area contributed by atoms with Crippen LogP contribution in [0, 0.1) is 5.41 Å². The third-order valence-corrected chi connectivity index (χ3v) is 5.12. The van der Waals surface area contributed by atoms with E-state index in [1.54, 1.807) is 0 Å². The molecule has 0 aromatic heterocycles. The zero-order valence-electron chi connectivity index (χ0n) is 13.3. The molecule has 0 saturated carbocycles. The number of nitrogens with one attached hydrogen (secondary N) is 1. The van der Waals surface area contributed by atoms with Gasteiger partial charge in [0.2, 0.25) is 5.91 Å². The summed E-state index contributed by atoms with van der Waals surface area (Å²) in [7, 11) is 0. The Morgan fingerprint density at radius 1 is 1.38 bits per heavy atom. The SMILES string of the molecule is CC[C@H]1CCCCN1CC(=O)NCC1(CO)CCOCC1. The second kappa shape index (κ2) is 8.11. The highest BCUT2D eigenvalue weighted by Crippen LogP contribution is 2.29. The Labute approximate surface area is 128 Å². The monoisotopic (exact) mass is 298 g/mol. The minimum Gasteiger partial charge on any atom is -0.396 e. The maximum atomic E-state index is 12.2. The fraction of sp³-hybridized carbons (Fsp3) is 0.938. The number of likely N-dealkylation sites (tertiary alicyclic amines) is 1. The van der Waals surface area contributed by atoms with Gasteiger partial charge in [-0.15, -0.1) is 0 Å². The van der Waals surface area contributed by atoms with E-state index in [-0.39, 0.29) is 17.9 Å². The lowest BCUT2D eigenvalue weighted by atomic mass is 9.81. The maximum Gasteiger partial charge on any atom is 0.234 e. The molecule has 2 saturated heterocycles. The first-order valence-corrected chi connectivity index (χ1v) is 8.38. The Morgan fingerprint density at radius 2 is 2.14 bits per heavy atom. The summed E-state index contributed by atoms with van der Waals surface area (Å²) in [6.45, 7) is 5.78. The van der Waals surface area contributed by atoms with Gasteiger partial charge in [0.1, 0.15) is 0 Å². The number of aliphatic hydroxyl groups is 1. The standard InChI is InChI=1S/C16H30N2O3/c1-2-14-5-3-4-8-18(14)11-15(20)17-12-16(13-19)6-9-21-10-7-16/h14,19H,2-13H2,1H3,(H,17,20)/t14-/m0/s1. The van der Waals surface area contributed by atoms with Gasteiger partial charge in [0.15, 0.2) is 0 Å². The van der Waals surface area contributed by atoms with E-state index in [0.29, 0.717) is 32.3 Å². The first-order chi connectivity index (χ1) is 10.2. The molecule has 0 aromatic rings. The van der Waals surface area contributed by atoms with Crippen molar-refractivity contribution < 1.29 is 14.6 Å². The molecule has 5 heteroatoms. The van der Waals surface area contributed by atoms with Gasteiger partial charge in [0.05, 0.1) is 13.2 Å². The molecule has 0 unspecified atom stereocenters.